The topological polar surface area (TPSA) is 58.2 Å². The minimum Gasteiger partial charge on any atom is -0.316 e. The van der Waals surface area contributed by atoms with E-state index in [0.29, 0.717) is 11.1 Å². The number of rotatable bonds is 3. The van der Waals surface area contributed by atoms with Gasteiger partial charge in [0.25, 0.3) is 0 Å². The standard InChI is InChI=1S/C14H21FN2O2S.ClH/c1-9-6-12(15)7-10(2)14(9)20(18,19)17-13-4-5-16-8-11(13)3;/h6-7,11,13,16-17H,4-5,8H2,1-3H3;1H. The molecule has 2 unspecified atom stereocenters. The molecule has 0 saturated carbocycles. The summed E-state index contributed by atoms with van der Waals surface area (Å²) in [5.74, 6) is -0.172. The van der Waals surface area contributed by atoms with Crippen LogP contribution in [0.3, 0.4) is 0 Å². The molecule has 2 rings (SSSR count). The molecule has 0 bridgehead atoms. The first kappa shape index (κ1) is 18.4. The van der Waals surface area contributed by atoms with Crippen LogP contribution >= 0.6 is 12.4 Å². The van der Waals surface area contributed by atoms with Crippen molar-refractivity contribution in [1.29, 1.82) is 0 Å². The Morgan fingerprint density at radius 3 is 2.38 bits per heavy atom. The second-order valence-electron chi connectivity index (χ2n) is 5.57. The third-order valence-electron chi connectivity index (χ3n) is 3.79. The fourth-order valence-electron chi connectivity index (χ4n) is 2.77. The van der Waals surface area contributed by atoms with Gasteiger partial charge in [-0.2, -0.15) is 0 Å². The minimum absolute atomic E-state index is 0. The van der Waals surface area contributed by atoms with E-state index in [0.717, 1.165) is 19.5 Å². The van der Waals surface area contributed by atoms with Crippen molar-refractivity contribution in [1.82, 2.24) is 10.0 Å². The van der Waals surface area contributed by atoms with Crippen molar-refractivity contribution < 1.29 is 12.8 Å². The van der Waals surface area contributed by atoms with Crippen LogP contribution in [-0.4, -0.2) is 27.5 Å². The molecule has 1 fully saturated rings. The van der Waals surface area contributed by atoms with Crippen molar-refractivity contribution in [3.63, 3.8) is 0 Å². The number of aryl methyl sites for hydroxylation is 2. The number of piperidine rings is 1. The lowest BCUT2D eigenvalue weighted by Crippen LogP contribution is -2.48. The number of sulfonamides is 1. The predicted octanol–water partition coefficient (Wildman–Crippen LogP) is 2.14. The van der Waals surface area contributed by atoms with Crippen molar-refractivity contribution in [2.45, 2.75) is 38.1 Å². The summed E-state index contributed by atoms with van der Waals surface area (Å²) in [6, 6.07) is 2.44. The largest absolute Gasteiger partial charge is 0.316 e. The molecule has 7 heteroatoms. The molecule has 1 heterocycles. The molecule has 1 aliphatic heterocycles. The van der Waals surface area contributed by atoms with Gasteiger partial charge in [-0.3, -0.25) is 0 Å². The number of hydrogen-bond acceptors (Lipinski definition) is 3. The van der Waals surface area contributed by atoms with Gasteiger partial charge in [-0.1, -0.05) is 6.92 Å². The molecule has 0 aromatic heterocycles. The Kier molecular flexibility index (Phi) is 6.16. The number of benzene rings is 1. The third kappa shape index (κ3) is 4.16. The van der Waals surface area contributed by atoms with Gasteiger partial charge in [0.1, 0.15) is 5.82 Å². The summed E-state index contributed by atoms with van der Waals surface area (Å²) in [6.45, 7) is 6.87. The number of hydrogen-bond donors (Lipinski definition) is 2. The Labute approximate surface area is 132 Å². The molecule has 0 radical (unpaired) electrons. The molecule has 2 N–H and O–H groups in total. The maximum Gasteiger partial charge on any atom is 0.241 e. The quantitative estimate of drug-likeness (QED) is 0.889. The Bertz CT molecular complexity index is 584. The van der Waals surface area contributed by atoms with Gasteiger partial charge < -0.3 is 5.32 Å². The average Bonchev–Trinajstić information content (AvgIpc) is 2.30. The molecule has 0 spiro atoms. The van der Waals surface area contributed by atoms with Crippen LogP contribution < -0.4 is 10.0 Å². The molecule has 0 amide bonds. The summed E-state index contributed by atoms with van der Waals surface area (Å²) in [4.78, 5) is 0.199. The van der Waals surface area contributed by atoms with Crippen molar-refractivity contribution in [3.05, 3.63) is 29.1 Å². The molecule has 0 aliphatic carbocycles. The lowest BCUT2D eigenvalue weighted by Gasteiger charge is -2.30. The molecule has 120 valence electrons. The van der Waals surface area contributed by atoms with Crippen molar-refractivity contribution in [2.75, 3.05) is 13.1 Å². The SMILES string of the molecule is Cc1cc(F)cc(C)c1S(=O)(=O)NC1CCNCC1C.Cl. The van der Waals surface area contributed by atoms with Crippen molar-refractivity contribution in [2.24, 2.45) is 5.92 Å². The van der Waals surface area contributed by atoms with Gasteiger partial charge >= 0.3 is 0 Å². The molecular formula is C14H22ClFN2O2S. The van der Waals surface area contributed by atoms with E-state index in [1.165, 1.54) is 12.1 Å². The highest BCUT2D eigenvalue weighted by molar-refractivity contribution is 7.89. The monoisotopic (exact) mass is 336 g/mol. The lowest BCUT2D eigenvalue weighted by atomic mass is 9.97. The maximum atomic E-state index is 13.3. The molecular weight excluding hydrogens is 315 g/mol. The highest BCUT2D eigenvalue weighted by atomic mass is 35.5. The molecule has 1 aromatic carbocycles. The van der Waals surface area contributed by atoms with Crippen LogP contribution in [0.1, 0.15) is 24.5 Å². The first-order valence-corrected chi connectivity index (χ1v) is 8.29. The minimum atomic E-state index is -3.62. The summed E-state index contributed by atoms with van der Waals surface area (Å²) in [7, 11) is -3.62. The maximum absolute atomic E-state index is 13.3. The summed E-state index contributed by atoms with van der Waals surface area (Å²) in [5, 5.41) is 3.24. The number of nitrogens with one attached hydrogen (secondary N) is 2. The van der Waals surface area contributed by atoms with E-state index in [9.17, 15) is 12.8 Å². The van der Waals surface area contributed by atoms with Crippen LogP contribution in [-0.2, 0) is 10.0 Å². The highest BCUT2D eigenvalue weighted by Gasteiger charge is 2.28. The zero-order valence-electron chi connectivity index (χ0n) is 12.4. The lowest BCUT2D eigenvalue weighted by molar-refractivity contribution is 0.328. The van der Waals surface area contributed by atoms with Crippen LogP contribution in [0.4, 0.5) is 4.39 Å². The van der Waals surface area contributed by atoms with Crippen LogP contribution in [0.15, 0.2) is 17.0 Å². The fourth-order valence-corrected chi connectivity index (χ4v) is 4.60. The fraction of sp³-hybridized carbons (Fsp3) is 0.571. The summed E-state index contributed by atoms with van der Waals surface area (Å²) in [5.41, 5.74) is 0.883. The van der Waals surface area contributed by atoms with E-state index in [1.807, 2.05) is 6.92 Å². The van der Waals surface area contributed by atoms with E-state index in [4.69, 9.17) is 0 Å². The van der Waals surface area contributed by atoms with E-state index < -0.39 is 15.8 Å². The van der Waals surface area contributed by atoms with Gasteiger partial charge in [0, 0.05) is 6.04 Å². The Morgan fingerprint density at radius 2 is 1.86 bits per heavy atom. The number of halogens is 2. The van der Waals surface area contributed by atoms with Gasteiger partial charge in [0.2, 0.25) is 10.0 Å². The third-order valence-corrected chi connectivity index (χ3v) is 5.58. The van der Waals surface area contributed by atoms with Gasteiger partial charge in [-0.15, -0.1) is 12.4 Å². The van der Waals surface area contributed by atoms with E-state index in [-0.39, 0.29) is 29.3 Å². The zero-order valence-corrected chi connectivity index (χ0v) is 14.1. The van der Waals surface area contributed by atoms with E-state index >= 15 is 0 Å². The van der Waals surface area contributed by atoms with Crippen LogP contribution in [0.2, 0.25) is 0 Å². The van der Waals surface area contributed by atoms with Crippen LogP contribution in [0.25, 0.3) is 0 Å². The first-order chi connectivity index (χ1) is 9.31. The molecule has 1 aliphatic rings. The van der Waals surface area contributed by atoms with Gasteiger partial charge in [-0.25, -0.2) is 17.5 Å². The molecule has 21 heavy (non-hydrogen) atoms. The second kappa shape index (κ2) is 7.05. The highest BCUT2D eigenvalue weighted by Crippen LogP contribution is 2.23. The van der Waals surface area contributed by atoms with E-state index in [1.54, 1.807) is 13.8 Å². The summed E-state index contributed by atoms with van der Waals surface area (Å²) in [6.07, 6.45) is 0.764. The average molecular weight is 337 g/mol. The zero-order chi connectivity index (χ0) is 14.9. The second-order valence-corrected chi connectivity index (χ2v) is 7.22. The smallest absolute Gasteiger partial charge is 0.241 e. The normalized spacial score (nSPS) is 22.7. The van der Waals surface area contributed by atoms with Gasteiger partial charge in [0.15, 0.2) is 0 Å². The van der Waals surface area contributed by atoms with Crippen LogP contribution in [0.5, 0.6) is 0 Å². The summed E-state index contributed by atoms with van der Waals surface area (Å²) >= 11 is 0. The molecule has 4 nitrogen and oxygen atoms in total. The summed E-state index contributed by atoms with van der Waals surface area (Å²) < 4.78 is 41.2. The van der Waals surface area contributed by atoms with Gasteiger partial charge in [0.05, 0.1) is 4.90 Å². The van der Waals surface area contributed by atoms with Gasteiger partial charge in [-0.05, 0) is 62.5 Å². The molecule has 1 aromatic rings. The Balaban J connectivity index is 0.00000220. The Morgan fingerprint density at radius 1 is 1.29 bits per heavy atom. The predicted molar refractivity (Wildman–Crippen MR) is 83.9 cm³/mol. The molecule has 1 saturated heterocycles. The first-order valence-electron chi connectivity index (χ1n) is 6.81. The molecule has 2 atom stereocenters. The van der Waals surface area contributed by atoms with Crippen LogP contribution in [0, 0.1) is 25.6 Å². The van der Waals surface area contributed by atoms with Crippen molar-refractivity contribution >= 4 is 22.4 Å². The van der Waals surface area contributed by atoms with Crippen molar-refractivity contribution in [3.8, 4) is 0 Å². The van der Waals surface area contributed by atoms with E-state index in [2.05, 4.69) is 10.0 Å². The Hall–Kier alpha value is -0.690.